The Kier molecular flexibility index (Phi) is 4.18. The van der Waals surface area contributed by atoms with Gasteiger partial charge in [0.2, 0.25) is 0 Å². The Morgan fingerprint density at radius 1 is 1.11 bits per heavy atom. The molecule has 0 aliphatic carbocycles. The predicted molar refractivity (Wildman–Crippen MR) is 76.3 cm³/mol. The molecule has 0 aromatic heterocycles. The van der Waals surface area contributed by atoms with Crippen LogP contribution in [0.4, 0.5) is 5.69 Å². The number of anilines is 1. The Hall–Kier alpha value is -2.29. The van der Waals surface area contributed by atoms with Crippen LogP contribution in [-0.2, 0) is 11.3 Å². The van der Waals surface area contributed by atoms with Gasteiger partial charge in [-0.2, -0.15) is 0 Å². The highest BCUT2D eigenvalue weighted by Crippen LogP contribution is 2.16. The monoisotopic (exact) mass is 255 g/mol. The molecule has 0 saturated carbocycles. The van der Waals surface area contributed by atoms with Gasteiger partial charge in [0.15, 0.2) is 0 Å². The molecule has 1 atom stereocenters. The summed E-state index contributed by atoms with van der Waals surface area (Å²) in [5.41, 5.74) is 3.03. The Balaban J connectivity index is 1.97. The lowest BCUT2D eigenvalue weighted by Gasteiger charge is -2.09. The summed E-state index contributed by atoms with van der Waals surface area (Å²) in [6.45, 7) is 2.42. The molecule has 0 spiro atoms. The average Bonchev–Trinajstić information content (AvgIpc) is 2.46. The first-order valence-electron chi connectivity index (χ1n) is 6.27. The molecule has 0 radical (unpaired) electrons. The van der Waals surface area contributed by atoms with Crippen LogP contribution in [0.15, 0.2) is 54.6 Å². The van der Waals surface area contributed by atoms with E-state index in [0.717, 1.165) is 23.4 Å². The standard InChI is InChI=1S/C16H17NO2/c1-12(16(18)19)14-9-7-13(8-10-14)11-17-15-5-3-2-4-6-15/h2-10,12,17H,11H2,1H3,(H,18,19). The SMILES string of the molecule is CC(C(=O)O)c1ccc(CNc2ccccc2)cc1. The molecule has 19 heavy (non-hydrogen) atoms. The molecule has 3 heteroatoms. The summed E-state index contributed by atoms with van der Waals surface area (Å²) in [4.78, 5) is 10.9. The van der Waals surface area contributed by atoms with Gasteiger partial charge in [-0.25, -0.2) is 0 Å². The summed E-state index contributed by atoms with van der Waals surface area (Å²) in [6, 6.07) is 17.7. The first-order valence-corrected chi connectivity index (χ1v) is 6.27. The molecule has 2 N–H and O–H groups in total. The minimum atomic E-state index is -0.796. The molecule has 0 heterocycles. The maximum Gasteiger partial charge on any atom is 0.310 e. The van der Waals surface area contributed by atoms with Crippen molar-refractivity contribution >= 4 is 11.7 Å². The molecule has 2 rings (SSSR count). The third-order valence-electron chi connectivity index (χ3n) is 3.12. The molecule has 3 nitrogen and oxygen atoms in total. The van der Waals surface area contributed by atoms with E-state index >= 15 is 0 Å². The van der Waals surface area contributed by atoms with Gasteiger partial charge < -0.3 is 10.4 Å². The zero-order chi connectivity index (χ0) is 13.7. The number of hydrogen-bond acceptors (Lipinski definition) is 2. The van der Waals surface area contributed by atoms with E-state index in [0.29, 0.717) is 0 Å². The molecule has 0 bridgehead atoms. The van der Waals surface area contributed by atoms with Crippen LogP contribution in [0.1, 0.15) is 24.0 Å². The van der Waals surface area contributed by atoms with E-state index in [1.807, 2.05) is 54.6 Å². The van der Waals surface area contributed by atoms with Crippen molar-refractivity contribution < 1.29 is 9.90 Å². The third kappa shape index (κ3) is 3.58. The van der Waals surface area contributed by atoms with Crippen LogP contribution < -0.4 is 5.32 Å². The molecule has 0 saturated heterocycles. The van der Waals surface area contributed by atoms with E-state index in [9.17, 15) is 4.79 Å². The summed E-state index contributed by atoms with van der Waals surface area (Å²) >= 11 is 0. The van der Waals surface area contributed by atoms with E-state index < -0.39 is 11.9 Å². The van der Waals surface area contributed by atoms with Crippen molar-refractivity contribution in [3.05, 3.63) is 65.7 Å². The molecule has 2 aromatic rings. The largest absolute Gasteiger partial charge is 0.481 e. The van der Waals surface area contributed by atoms with Gasteiger partial charge >= 0.3 is 5.97 Å². The van der Waals surface area contributed by atoms with Crippen LogP contribution in [0, 0.1) is 0 Å². The number of nitrogens with one attached hydrogen (secondary N) is 1. The molecule has 98 valence electrons. The highest BCUT2D eigenvalue weighted by atomic mass is 16.4. The smallest absolute Gasteiger partial charge is 0.310 e. The molecule has 0 aliphatic rings. The Labute approximate surface area is 112 Å². The van der Waals surface area contributed by atoms with Crippen molar-refractivity contribution in [3.63, 3.8) is 0 Å². The normalized spacial score (nSPS) is 11.8. The van der Waals surface area contributed by atoms with E-state index in [1.165, 1.54) is 0 Å². The zero-order valence-corrected chi connectivity index (χ0v) is 10.8. The van der Waals surface area contributed by atoms with Crippen LogP contribution >= 0.6 is 0 Å². The van der Waals surface area contributed by atoms with Crippen LogP contribution in [-0.4, -0.2) is 11.1 Å². The lowest BCUT2D eigenvalue weighted by atomic mass is 10.00. The third-order valence-corrected chi connectivity index (χ3v) is 3.12. The molecule has 1 unspecified atom stereocenters. The maximum atomic E-state index is 10.9. The van der Waals surface area contributed by atoms with Gasteiger partial charge in [-0.3, -0.25) is 4.79 Å². The molecule has 2 aromatic carbocycles. The molecule has 0 amide bonds. The Bertz CT molecular complexity index is 534. The molecular formula is C16H17NO2. The molecular weight excluding hydrogens is 238 g/mol. The van der Waals surface area contributed by atoms with Crippen molar-refractivity contribution in [3.8, 4) is 0 Å². The van der Waals surface area contributed by atoms with Gasteiger partial charge in [-0.15, -0.1) is 0 Å². The summed E-state index contributed by atoms with van der Waals surface area (Å²) in [5, 5.41) is 12.3. The summed E-state index contributed by atoms with van der Waals surface area (Å²) in [7, 11) is 0. The number of carboxylic acid groups (broad SMARTS) is 1. The van der Waals surface area contributed by atoms with Crippen molar-refractivity contribution in [2.45, 2.75) is 19.4 Å². The highest BCUT2D eigenvalue weighted by Gasteiger charge is 2.12. The van der Waals surface area contributed by atoms with Crippen molar-refractivity contribution in [1.82, 2.24) is 0 Å². The fourth-order valence-corrected chi connectivity index (χ4v) is 1.83. The van der Waals surface area contributed by atoms with E-state index in [1.54, 1.807) is 6.92 Å². The molecule has 0 fully saturated rings. The van der Waals surface area contributed by atoms with Crippen molar-refractivity contribution in [2.75, 3.05) is 5.32 Å². The van der Waals surface area contributed by atoms with Crippen LogP contribution in [0.5, 0.6) is 0 Å². The van der Waals surface area contributed by atoms with Crippen LogP contribution in [0.2, 0.25) is 0 Å². The maximum absolute atomic E-state index is 10.9. The summed E-state index contributed by atoms with van der Waals surface area (Å²) in [5.74, 6) is -1.26. The number of benzene rings is 2. The van der Waals surface area contributed by atoms with Gasteiger partial charge in [0.05, 0.1) is 5.92 Å². The van der Waals surface area contributed by atoms with Gasteiger partial charge in [-0.1, -0.05) is 42.5 Å². The summed E-state index contributed by atoms with van der Waals surface area (Å²) < 4.78 is 0. The van der Waals surface area contributed by atoms with Crippen molar-refractivity contribution in [2.24, 2.45) is 0 Å². The fraction of sp³-hybridized carbons (Fsp3) is 0.188. The van der Waals surface area contributed by atoms with E-state index in [4.69, 9.17) is 5.11 Å². The van der Waals surface area contributed by atoms with Gasteiger partial charge in [0.25, 0.3) is 0 Å². The number of carbonyl (C=O) groups is 1. The van der Waals surface area contributed by atoms with E-state index in [2.05, 4.69) is 5.32 Å². The van der Waals surface area contributed by atoms with E-state index in [-0.39, 0.29) is 0 Å². The van der Waals surface area contributed by atoms with Gasteiger partial charge in [-0.05, 0) is 30.2 Å². The number of hydrogen-bond donors (Lipinski definition) is 2. The first kappa shape index (κ1) is 13.1. The topological polar surface area (TPSA) is 49.3 Å². The quantitative estimate of drug-likeness (QED) is 0.859. The first-order chi connectivity index (χ1) is 9.16. The lowest BCUT2D eigenvalue weighted by molar-refractivity contribution is -0.138. The fourth-order valence-electron chi connectivity index (χ4n) is 1.83. The second kappa shape index (κ2) is 6.05. The highest BCUT2D eigenvalue weighted by molar-refractivity contribution is 5.75. The lowest BCUT2D eigenvalue weighted by Crippen LogP contribution is -2.07. The second-order valence-corrected chi connectivity index (χ2v) is 4.52. The Morgan fingerprint density at radius 3 is 2.32 bits per heavy atom. The van der Waals surface area contributed by atoms with Gasteiger partial charge in [0, 0.05) is 12.2 Å². The molecule has 0 aliphatic heterocycles. The predicted octanol–water partition coefficient (Wildman–Crippen LogP) is 3.49. The van der Waals surface area contributed by atoms with Crippen LogP contribution in [0.3, 0.4) is 0 Å². The zero-order valence-electron chi connectivity index (χ0n) is 10.8. The number of carboxylic acids is 1. The summed E-state index contributed by atoms with van der Waals surface area (Å²) in [6.07, 6.45) is 0. The average molecular weight is 255 g/mol. The Morgan fingerprint density at radius 2 is 1.74 bits per heavy atom. The van der Waals surface area contributed by atoms with Crippen LogP contribution in [0.25, 0.3) is 0 Å². The number of aliphatic carboxylic acids is 1. The number of para-hydroxylation sites is 1. The minimum Gasteiger partial charge on any atom is -0.481 e. The number of rotatable bonds is 5. The second-order valence-electron chi connectivity index (χ2n) is 4.52. The van der Waals surface area contributed by atoms with Gasteiger partial charge in [0.1, 0.15) is 0 Å². The minimum absolute atomic E-state index is 0.462. The van der Waals surface area contributed by atoms with Crippen molar-refractivity contribution in [1.29, 1.82) is 0 Å².